The fourth-order valence-electron chi connectivity index (χ4n) is 3.22. The number of carbonyl (C=O) groups excluding carboxylic acids is 1. The first-order chi connectivity index (χ1) is 11.2. The van der Waals surface area contributed by atoms with Crippen molar-refractivity contribution in [1.29, 1.82) is 0 Å². The molecule has 1 aliphatic rings. The van der Waals surface area contributed by atoms with Crippen molar-refractivity contribution < 1.29 is 9.21 Å². The molecule has 2 unspecified atom stereocenters. The van der Waals surface area contributed by atoms with Crippen LogP contribution in [0.4, 0.5) is 0 Å². The van der Waals surface area contributed by atoms with E-state index in [1.165, 1.54) is 0 Å². The van der Waals surface area contributed by atoms with Crippen LogP contribution in [0.15, 0.2) is 34.7 Å². The number of hydrogen-bond donors (Lipinski definition) is 2. The number of aromatic nitrogens is 1. The number of nitrogens with zero attached hydrogens (tertiary/aromatic N) is 1. The van der Waals surface area contributed by atoms with Gasteiger partial charge in [0.2, 0.25) is 11.8 Å². The lowest BCUT2D eigenvalue weighted by Gasteiger charge is -2.19. The highest BCUT2D eigenvalue weighted by Crippen LogP contribution is 2.25. The molecule has 0 bridgehead atoms. The largest absolute Gasteiger partial charge is 0.441 e. The van der Waals surface area contributed by atoms with Crippen LogP contribution in [0.5, 0.6) is 0 Å². The second-order valence-electron chi connectivity index (χ2n) is 6.17. The molecule has 23 heavy (non-hydrogen) atoms. The van der Waals surface area contributed by atoms with Gasteiger partial charge in [-0.15, -0.1) is 0 Å². The zero-order chi connectivity index (χ0) is 16.2. The molecule has 2 atom stereocenters. The van der Waals surface area contributed by atoms with Gasteiger partial charge in [-0.2, -0.15) is 0 Å². The molecule has 0 saturated heterocycles. The second kappa shape index (κ2) is 6.96. The van der Waals surface area contributed by atoms with Crippen molar-refractivity contribution in [2.75, 3.05) is 6.54 Å². The maximum Gasteiger partial charge on any atom is 0.226 e. The Bertz CT molecular complexity index is 666. The molecular weight excluding hydrogens is 290 g/mol. The van der Waals surface area contributed by atoms with Crippen LogP contribution >= 0.6 is 0 Å². The number of carbonyl (C=O) groups is 1. The van der Waals surface area contributed by atoms with Crippen molar-refractivity contribution in [3.63, 3.8) is 0 Å². The molecule has 122 valence electrons. The first-order valence-corrected chi connectivity index (χ1v) is 8.18. The third-order valence-corrected chi connectivity index (χ3v) is 4.55. The standard InChI is InChI=1S/C18H23N3O2/c1-12-16(21-18(23-12)13-6-3-2-4-7-13)10-17(22)20-15-9-5-8-14(15)11-19/h2-4,6-7,14-15H,5,8-11,19H2,1H3,(H,20,22). The lowest BCUT2D eigenvalue weighted by Crippen LogP contribution is -2.40. The topological polar surface area (TPSA) is 81.2 Å². The van der Waals surface area contributed by atoms with Gasteiger partial charge < -0.3 is 15.5 Å². The van der Waals surface area contributed by atoms with Gasteiger partial charge in [0.25, 0.3) is 0 Å². The summed E-state index contributed by atoms with van der Waals surface area (Å²) in [5.41, 5.74) is 7.38. The van der Waals surface area contributed by atoms with Gasteiger partial charge >= 0.3 is 0 Å². The maximum absolute atomic E-state index is 12.3. The van der Waals surface area contributed by atoms with Crippen LogP contribution in [0.25, 0.3) is 11.5 Å². The van der Waals surface area contributed by atoms with Gasteiger partial charge in [0.1, 0.15) is 5.76 Å². The zero-order valence-electron chi connectivity index (χ0n) is 13.4. The third-order valence-electron chi connectivity index (χ3n) is 4.55. The quantitative estimate of drug-likeness (QED) is 0.888. The Balaban J connectivity index is 1.66. The Kier molecular flexibility index (Phi) is 4.76. The minimum atomic E-state index is -0.00800. The highest BCUT2D eigenvalue weighted by atomic mass is 16.4. The first-order valence-electron chi connectivity index (χ1n) is 8.18. The molecule has 3 N–H and O–H groups in total. The molecule has 3 rings (SSSR count). The van der Waals surface area contributed by atoms with E-state index in [1.807, 2.05) is 37.3 Å². The molecule has 1 saturated carbocycles. The number of aryl methyl sites for hydroxylation is 1. The Hall–Kier alpha value is -2.14. The molecular formula is C18H23N3O2. The molecule has 1 heterocycles. The number of nitrogens with two attached hydrogens (primary N) is 1. The van der Waals surface area contributed by atoms with Gasteiger partial charge in [-0.05, 0) is 44.4 Å². The van der Waals surface area contributed by atoms with Crippen molar-refractivity contribution >= 4 is 5.91 Å². The minimum absolute atomic E-state index is 0.00800. The summed E-state index contributed by atoms with van der Waals surface area (Å²) in [6.07, 6.45) is 3.49. The molecule has 1 aromatic carbocycles. The number of hydrogen-bond acceptors (Lipinski definition) is 4. The molecule has 1 aliphatic carbocycles. The van der Waals surface area contributed by atoms with Crippen LogP contribution in [0.2, 0.25) is 0 Å². The normalized spacial score (nSPS) is 20.6. The average Bonchev–Trinajstić information content (AvgIpc) is 3.15. The van der Waals surface area contributed by atoms with Crippen LogP contribution in [0, 0.1) is 12.8 Å². The fraction of sp³-hybridized carbons (Fsp3) is 0.444. The summed E-state index contributed by atoms with van der Waals surface area (Å²) in [6.45, 7) is 2.48. The molecule has 1 amide bonds. The summed E-state index contributed by atoms with van der Waals surface area (Å²) in [4.78, 5) is 16.8. The van der Waals surface area contributed by atoms with Gasteiger partial charge in [0, 0.05) is 11.6 Å². The summed E-state index contributed by atoms with van der Waals surface area (Å²) >= 11 is 0. The number of nitrogens with one attached hydrogen (secondary N) is 1. The fourth-order valence-corrected chi connectivity index (χ4v) is 3.22. The third kappa shape index (κ3) is 3.62. The number of rotatable bonds is 5. The monoisotopic (exact) mass is 313 g/mol. The number of benzene rings is 1. The van der Waals surface area contributed by atoms with Crippen LogP contribution < -0.4 is 11.1 Å². The van der Waals surface area contributed by atoms with E-state index in [0.717, 1.165) is 24.8 Å². The summed E-state index contributed by atoms with van der Waals surface area (Å²) in [5.74, 6) is 1.65. The van der Waals surface area contributed by atoms with Crippen LogP contribution in [-0.4, -0.2) is 23.5 Å². The summed E-state index contributed by atoms with van der Waals surface area (Å²) in [5, 5.41) is 3.10. The zero-order valence-corrected chi connectivity index (χ0v) is 13.4. The minimum Gasteiger partial charge on any atom is -0.441 e. The molecule has 1 aromatic heterocycles. The average molecular weight is 313 g/mol. The predicted molar refractivity (Wildman–Crippen MR) is 88.7 cm³/mol. The molecule has 0 radical (unpaired) electrons. The van der Waals surface area contributed by atoms with E-state index < -0.39 is 0 Å². The number of oxazole rings is 1. The maximum atomic E-state index is 12.3. The highest BCUT2D eigenvalue weighted by Gasteiger charge is 2.27. The molecule has 2 aromatic rings. The summed E-state index contributed by atoms with van der Waals surface area (Å²) in [7, 11) is 0. The van der Waals surface area contributed by atoms with Gasteiger partial charge in [0.05, 0.1) is 12.1 Å². The Morgan fingerprint density at radius 1 is 1.35 bits per heavy atom. The Morgan fingerprint density at radius 2 is 2.13 bits per heavy atom. The lowest BCUT2D eigenvalue weighted by atomic mass is 10.0. The van der Waals surface area contributed by atoms with E-state index in [0.29, 0.717) is 29.8 Å². The molecule has 0 spiro atoms. The van der Waals surface area contributed by atoms with Gasteiger partial charge in [-0.3, -0.25) is 4.79 Å². The smallest absolute Gasteiger partial charge is 0.226 e. The van der Waals surface area contributed by atoms with Crippen LogP contribution in [0.1, 0.15) is 30.7 Å². The Morgan fingerprint density at radius 3 is 2.87 bits per heavy atom. The first kappa shape index (κ1) is 15.7. The van der Waals surface area contributed by atoms with Gasteiger partial charge in [-0.25, -0.2) is 4.98 Å². The van der Waals surface area contributed by atoms with Crippen molar-refractivity contribution in [1.82, 2.24) is 10.3 Å². The summed E-state index contributed by atoms with van der Waals surface area (Å²) < 4.78 is 5.70. The van der Waals surface area contributed by atoms with Crippen molar-refractivity contribution in [2.45, 2.75) is 38.6 Å². The van der Waals surface area contributed by atoms with Crippen LogP contribution in [-0.2, 0) is 11.2 Å². The highest BCUT2D eigenvalue weighted by molar-refractivity contribution is 5.78. The van der Waals surface area contributed by atoms with E-state index in [9.17, 15) is 4.79 Å². The van der Waals surface area contributed by atoms with Crippen LogP contribution in [0.3, 0.4) is 0 Å². The number of amides is 1. The van der Waals surface area contributed by atoms with Crippen molar-refractivity contribution in [3.05, 3.63) is 41.8 Å². The van der Waals surface area contributed by atoms with E-state index in [1.54, 1.807) is 0 Å². The van der Waals surface area contributed by atoms with Gasteiger partial charge in [-0.1, -0.05) is 24.6 Å². The Labute approximate surface area is 136 Å². The molecule has 5 nitrogen and oxygen atoms in total. The van der Waals surface area contributed by atoms with E-state index in [-0.39, 0.29) is 18.4 Å². The van der Waals surface area contributed by atoms with E-state index >= 15 is 0 Å². The molecule has 5 heteroatoms. The van der Waals surface area contributed by atoms with Crippen molar-refractivity contribution in [3.8, 4) is 11.5 Å². The molecule has 1 fully saturated rings. The summed E-state index contributed by atoms with van der Waals surface area (Å²) in [6, 6.07) is 9.92. The second-order valence-corrected chi connectivity index (χ2v) is 6.17. The predicted octanol–water partition coefficient (Wildman–Crippen LogP) is 2.44. The SMILES string of the molecule is Cc1oc(-c2ccccc2)nc1CC(=O)NC1CCCC1CN. The van der Waals surface area contributed by atoms with Crippen molar-refractivity contribution in [2.24, 2.45) is 11.7 Å². The molecule has 0 aliphatic heterocycles. The lowest BCUT2D eigenvalue weighted by molar-refractivity contribution is -0.121. The van der Waals surface area contributed by atoms with E-state index in [4.69, 9.17) is 10.2 Å². The van der Waals surface area contributed by atoms with E-state index in [2.05, 4.69) is 10.3 Å². The van der Waals surface area contributed by atoms with Gasteiger partial charge in [0.15, 0.2) is 0 Å².